The smallest absolute Gasteiger partial charge is 0.225 e. The first-order chi connectivity index (χ1) is 9.06. The summed E-state index contributed by atoms with van der Waals surface area (Å²) in [5.74, 6) is 1.75. The van der Waals surface area contributed by atoms with E-state index in [-0.39, 0.29) is 5.91 Å². The molecule has 1 aromatic heterocycles. The van der Waals surface area contributed by atoms with Gasteiger partial charge in [-0.05, 0) is 44.7 Å². The van der Waals surface area contributed by atoms with E-state index in [1.54, 1.807) is 4.68 Å². The molecule has 2 atom stereocenters. The van der Waals surface area contributed by atoms with Gasteiger partial charge in [0.05, 0.1) is 0 Å². The van der Waals surface area contributed by atoms with Crippen LogP contribution in [-0.4, -0.2) is 28.8 Å². The zero-order valence-electron chi connectivity index (χ0n) is 12.1. The number of anilines is 1. The molecule has 2 heterocycles. The Morgan fingerprint density at radius 3 is 3.05 bits per heavy atom. The van der Waals surface area contributed by atoms with Crippen LogP contribution in [0, 0.1) is 18.8 Å². The number of nitrogens with zero attached hydrogens (tertiary/aromatic N) is 2. The summed E-state index contributed by atoms with van der Waals surface area (Å²) in [4.78, 5) is 12.0. The minimum Gasteiger partial charge on any atom is -0.316 e. The van der Waals surface area contributed by atoms with E-state index < -0.39 is 0 Å². The number of piperidine rings is 1. The SMILES string of the molecule is Cc1cc(NC(=O)CC(C)C2CCCNC2)nn1C. The summed E-state index contributed by atoms with van der Waals surface area (Å²) in [7, 11) is 1.88. The summed E-state index contributed by atoms with van der Waals surface area (Å²) >= 11 is 0. The van der Waals surface area contributed by atoms with Gasteiger partial charge in [-0.15, -0.1) is 0 Å². The molecule has 1 saturated heterocycles. The van der Waals surface area contributed by atoms with E-state index >= 15 is 0 Å². The molecule has 106 valence electrons. The average molecular weight is 264 g/mol. The zero-order valence-corrected chi connectivity index (χ0v) is 12.1. The normalized spacial score (nSPS) is 21.1. The van der Waals surface area contributed by atoms with Crippen molar-refractivity contribution in [1.29, 1.82) is 0 Å². The maximum absolute atomic E-state index is 12.0. The van der Waals surface area contributed by atoms with Gasteiger partial charge in [-0.2, -0.15) is 5.10 Å². The van der Waals surface area contributed by atoms with Crippen LogP contribution >= 0.6 is 0 Å². The van der Waals surface area contributed by atoms with Gasteiger partial charge in [-0.3, -0.25) is 9.48 Å². The molecule has 1 aliphatic heterocycles. The fourth-order valence-electron chi connectivity index (χ4n) is 2.64. The van der Waals surface area contributed by atoms with Crippen molar-refractivity contribution in [2.75, 3.05) is 18.4 Å². The van der Waals surface area contributed by atoms with Gasteiger partial charge in [-0.25, -0.2) is 0 Å². The lowest BCUT2D eigenvalue weighted by Gasteiger charge is -2.27. The van der Waals surface area contributed by atoms with Crippen molar-refractivity contribution in [3.63, 3.8) is 0 Å². The van der Waals surface area contributed by atoms with Gasteiger partial charge in [0.2, 0.25) is 5.91 Å². The van der Waals surface area contributed by atoms with E-state index in [9.17, 15) is 4.79 Å². The molecular weight excluding hydrogens is 240 g/mol. The Hall–Kier alpha value is -1.36. The predicted molar refractivity (Wildman–Crippen MR) is 75.9 cm³/mol. The third-order valence-corrected chi connectivity index (χ3v) is 4.03. The van der Waals surface area contributed by atoms with Crippen molar-refractivity contribution in [2.24, 2.45) is 18.9 Å². The number of rotatable bonds is 4. The zero-order chi connectivity index (χ0) is 13.8. The monoisotopic (exact) mass is 264 g/mol. The van der Waals surface area contributed by atoms with E-state index in [1.165, 1.54) is 12.8 Å². The highest BCUT2D eigenvalue weighted by molar-refractivity contribution is 5.89. The largest absolute Gasteiger partial charge is 0.316 e. The van der Waals surface area contributed by atoms with Crippen LogP contribution in [0.4, 0.5) is 5.82 Å². The molecule has 2 N–H and O–H groups in total. The molecule has 0 aromatic carbocycles. The molecule has 1 fully saturated rings. The minimum absolute atomic E-state index is 0.0659. The molecule has 0 radical (unpaired) electrons. The third kappa shape index (κ3) is 3.80. The molecule has 1 amide bonds. The first-order valence-electron chi connectivity index (χ1n) is 7.07. The van der Waals surface area contributed by atoms with E-state index in [4.69, 9.17) is 0 Å². The molecule has 1 aromatic rings. The van der Waals surface area contributed by atoms with Gasteiger partial charge in [0.25, 0.3) is 0 Å². The highest BCUT2D eigenvalue weighted by atomic mass is 16.1. The van der Waals surface area contributed by atoms with E-state index in [2.05, 4.69) is 22.7 Å². The fraction of sp³-hybridized carbons (Fsp3) is 0.714. The van der Waals surface area contributed by atoms with Crippen LogP contribution < -0.4 is 10.6 Å². The van der Waals surface area contributed by atoms with Crippen LogP contribution in [0.5, 0.6) is 0 Å². The molecule has 0 saturated carbocycles. The molecule has 0 aliphatic carbocycles. The number of aromatic nitrogens is 2. The summed E-state index contributed by atoms with van der Waals surface area (Å²) in [6.07, 6.45) is 3.02. The maximum atomic E-state index is 12.0. The molecule has 5 nitrogen and oxygen atoms in total. The first-order valence-corrected chi connectivity index (χ1v) is 7.07. The fourth-order valence-corrected chi connectivity index (χ4v) is 2.64. The Kier molecular flexibility index (Phi) is 4.58. The second-order valence-corrected chi connectivity index (χ2v) is 5.63. The third-order valence-electron chi connectivity index (χ3n) is 4.03. The number of hydrogen-bond acceptors (Lipinski definition) is 3. The van der Waals surface area contributed by atoms with Gasteiger partial charge in [0.1, 0.15) is 0 Å². The Balaban J connectivity index is 1.83. The van der Waals surface area contributed by atoms with Gasteiger partial charge >= 0.3 is 0 Å². The van der Waals surface area contributed by atoms with Crippen molar-refractivity contribution in [3.05, 3.63) is 11.8 Å². The molecule has 19 heavy (non-hydrogen) atoms. The lowest BCUT2D eigenvalue weighted by atomic mass is 9.85. The highest BCUT2D eigenvalue weighted by Crippen LogP contribution is 2.22. The second-order valence-electron chi connectivity index (χ2n) is 5.63. The number of nitrogens with one attached hydrogen (secondary N) is 2. The molecular formula is C14H24N4O. The number of hydrogen-bond donors (Lipinski definition) is 2. The Bertz CT molecular complexity index is 415. The lowest BCUT2D eigenvalue weighted by molar-refractivity contribution is -0.117. The number of aryl methyl sites for hydroxylation is 2. The first kappa shape index (κ1) is 14.1. The van der Waals surface area contributed by atoms with Crippen LogP contribution in [0.25, 0.3) is 0 Å². The molecule has 2 rings (SSSR count). The summed E-state index contributed by atoms with van der Waals surface area (Å²) in [5, 5.41) is 10.5. The quantitative estimate of drug-likeness (QED) is 0.870. The van der Waals surface area contributed by atoms with Crippen LogP contribution in [-0.2, 0) is 11.8 Å². The van der Waals surface area contributed by atoms with Gasteiger partial charge < -0.3 is 10.6 Å². The summed E-state index contributed by atoms with van der Waals surface area (Å²) < 4.78 is 1.77. The Morgan fingerprint density at radius 1 is 1.68 bits per heavy atom. The van der Waals surface area contributed by atoms with Crippen molar-refractivity contribution in [3.8, 4) is 0 Å². The average Bonchev–Trinajstić information content (AvgIpc) is 2.69. The maximum Gasteiger partial charge on any atom is 0.225 e. The second kappa shape index (κ2) is 6.19. The number of carbonyl (C=O) groups excluding carboxylic acids is 1. The van der Waals surface area contributed by atoms with Crippen molar-refractivity contribution < 1.29 is 4.79 Å². The van der Waals surface area contributed by atoms with E-state index in [0.717, 1.165) is 18.8 Å². The molecule has 5 heteroatoms. The van der Waals surface area contributed by atoms with Gasteiger partial charge in [-0.1, -0.05) is 6.92 Å². The van der Waals surface area contributed by atoms with Gasteiger partial charge in [0.15, 0.2) is 5.82 Å². The van der Waals surface area contributed by atoms with Gasteiger partial charge in [0, 0.05) is 25.2 Å². The van der Waals surface area contributed by atoms with Crippen LogP contribution in [0.3, 0.4) is 0 Å². The number of carbonyl (C=O) groups is 1. The lowest BCUT2D eigenvalue weighted by Crippen LogP contribution is -2.34. The molecule has 0 spiro atoms. The molecule has 1 aliphatic rings. The Morgan fingerprint density at radius 2 is 2.47 bits per heavy atom. The van der Waals surface area contributed by atoms with Crippen molar-refractivity contribution in [2.45, 2.75) is 33.1 Å². The van der Waals surface area contributed by atoms with Crippen molar-refractivity contribution in [1.82, 2.24) is 15.1 Å². The number of amides is 1. The van der Waals surface area contributed by atoms with Crippen molar-refractivity contribution >= 4 is 11.7 Å². The van der Waals surface area contributed by atoms with Crippen LogP contribution in [0.2, 0.25) is 0 Å². The molecule has 2 unspecified atom stereocenters. The topological polar surface area (TPSA) is 59.0 Å². The highest BCUT2D eigenvalue weighted by Gasteiger charge is 2.22. The summed E-state index contributed by atoms with van der Waals surface area (Å²) in [6.45, 7) is 6.29. The Labute approximate surface area is 114 Å². The van der Waals surface area contributed by atoms with E-state index in [0.29, 0.717) is 24.1 Å². The molecule has 0 bridgehead atoms. The minimum atomic E-state index is 0.0659. The predicted octanol–water partition coefficient (Wildman–Crippen LogP) is 1.69. The van der Waals surface area contributed by atoms with Crippen LogP contribution in [0.1, 0.15) is 31.9 Å². The van der Waals surface area contributed by atoms with E-state index in [1.807, 2.05) is 20.0 Å². The van der Waals surface area contributed by atoms with Crippen LogP contribution in [0.15, 0.2) is 6.07 Å². The summed E-state index contributed by atoms with van der Waals surface area (Å²) in [6, 6.07) is 1.89. The summed E-state index contributed by atoms with van der Waals surface area (Å²) in [5.41, 5.74) is 1.04. The standard InChI is InChI=1S/C14H24N4O/c1-10(12-5-4-6-15-9-12)7-14(19)16-13-8-11(2)18(3)17-13/h8,10,12,15H,4-7,9H2,1-3H3,(H,16,17,19).